The van der Waals surface area contributed by atoms with Crippen molar-refractivity contribution in [2.24, 2.45) is 0 Å². The molecule has 0 saturated heterocycles. The summed E-state index contributed by atoms with van der Waals surface area (Å²) >= 11 is 0. The van der Waals surface area contributed by atoms with Gasteiger partial charge in [0.1, 0.15) is 0 Å². The fraction of sp³-hybridized carbons (Fsp3) is 0.827. The van der Waals surface area contributed by atoms with Crippen LogP contribution in [0, 0.1) is 0 Å². The van der Waals surface area contributed by atoms with E-state index in [-0.39, 0.29) is 12.5 Å². The number of allylic oxidation sites excluding steroid dienone is 7. The highest BCUT2D eigenvalue weighted by atomic mass is 16.3. The normalized spacial score (nSPS) is 13.3. The molecule has 0 rings (SSSR count). The molecule has 0 aliphatic heterocycles. The standard InChI is InChI=1S/C52H97NO3/c1-3-5-7-9-11-13-15-17-19-21-23-25-26-28-30-32-34-36-38-40-42-44-46-48-52(56)53-50(49-54)51(55)47-45-43-41-39-37-35-33-31-29-27-24-22-20-18-16-14-12-10-8-6-4-2/h21,23,29,31,37,39,45,47,50-51,54-55H,3-20,22,24-28,30,32-36,38,40-44,46,48-49H2,1-2H3,(H,53,56)/b23-21-,31-29+,39-37+,47-45+. The van der Waals surface area contributed by atoms with E-state index in [2.05, 4.69) is 55.6 Å². The largest absolute Gasteiger partial charge is 0.394 e. The predicted molar refractivity (Wildman–Crippen MR) is 248 cm³/mol. The Kier molecular flexibility index (Phi) is 46.3. The molecule has 0 spiro atoms. The van der Waals surface area contributed by atoms with Crippen molar-refractivity contribution < 1.29 is 15.0 Å². The van der Waals surface area contributed by atoms with Gasteiger partial charge in [0.15, 0.2) is 0 Å². The Labute approximate surface area is 350 Å². The van der Waals surface area contributed by atoms with E-state index in [1.807, 2.05) is 6.08 Å². The maximum absolute atomic E-state index is 12.4. The maximum Gasteiger partial charge on any atom is 0.220 e. The van der Waals surface area contributed by atoms with Crippen molar-refractivity contribution in [3.05, 3.63) is 48.6 Å². The molecule has 0 fully saturated rings. The zero-order valence-electron chi connectivity index (χ0n) is 37.7. The topological polar surface area (TPSA) is 69.6 Å². The summed E-state index contributed by atoms with van der Waals surface area (Å²) in [6, 6.07) is -0.646. The number of carbonyl (C=O) groups is 1. The van der Waals surface area contributed by atoms with Crippen molar-refractivity contribution in [1.82, 2.24) is 5.32 Å². The predicted octanol–water partition coefficient (Wildman–Crippen LogP) is 15.9. The Balaban J connectivity index is 3.59. The SMILES string of the molecule is CCCCCCCCCC/C=C\CCCCCCCCCCCCCC(=O)NC(CO)C(O)/C=C/CC/C=C/CC/C=C/CCCCCCCCCCCCC. The molecule has 0 radical (unpaired) electrons. The van der Waals surface area contributed by atoms with E-state index in [1.54, 1.807) is 6.08 Å². The molecule has 2 unspecified atom stereocenters. The monoisotopic (exact) mass is 784 g/mol. The second-order valence-electron chi connectivity index (χ2n) is 16.9. The van der Waals surface area contributed by atoms with Gasteiger partial charge in [-0.05, 0) is 70.6 Å². The fourth-order valence-electron chi connectivity index (χ4n) is 7.44. The molecular weight excluding hydrogens is 687 g/mol. The first kappa shape index (κ1) is 54.3. The summed E-state index contributed by atoms with van der Waals surface area (Å²) in [5.41, 5.74) is 0. The lowest BCUT2D eigenvalue weighted by Gasteiger charge is -2.19. The van der Waals surface area contributed by atoms with Gasteiger partial charge >= 0.3 is 0 Å². The van der Waals surface area contributed by atoms with E-state index in [0.29, 0.717) is 6.42 Å². The van der Waals surface area contributed by atoms with Gasteiger partial charge in [-0.1, -0.05) is 229 Å². The Morgan fingerprint density at radius 3 is 1.04 bits per heavy atom. The van der Waals surface area contributed by atoms with Crippen LogP contribution in [0.3, 0.4) is 0 Å². The zero-order chi connectivity index (χ0) is 40.7. The average Bonchev–Trinajstić information content (AvgIpc) is 3.20. The third-order valence-corrected chi connectivity index (χ3v) is 11.3. The summed E-state index contributed by atoms with van der Waals surface area (Å²) in [7, 11) is 0. The summed E-state index contributed by atoms with van der Waals surface area (Å²) in [5, 5.41) is 23.1. The van der Waals surface area contributed by atoms with Crippen molar-refractivity contribution in [3.63, 3.8) is 0 Å². The van der Waals surface area contributed by atoms with Crippen LogP contribution < -0.4 is 5.32 Å². The summed E-state index contributed by atoms with van der Waals surface area (Å²) in [4.78, 5) is 12.4. The number of rotatable bonds is 45. The summed E-state index contributed by atoms with van der Waals surface area (Å²) in [6.07, 6.45) is 65.3. The lowest BCUT2D eigenvalue weighted by Crippen LogP contribution is -2.45. The van der Waals surface area contributed by atoms with Crippen LogP contribution in [0.1, 0.15) is 258 Å². The highest BCUT2D eigenvalue weighted by Gasteiger charge is 2.17. The minimum absolute atomic E-state index is 0.0775. The third-order valence-electron chi connectivity index (χ3n) is 11.3. The minimum atomic E-state index is -0.871. The molecule has 0 aliphatic rings. The van der Waals surface area contributed by atoms with E-state index in [0.717, 1.165) is 38.5 Å². The second-order valence-corrected chi connectivity index (χ2v) is 16.9. The lowest BCUT2D eigenvalue weighted by molar-refractivity contribution is -0.123. The van der Waals surface area contributed by atoms with Gasteiger partial charge in [0.25, 0.3) is 0 Å². The van der Waals surface area contributed by atoms with Crippen LogP contribution in [0.25, 0.3) is 0 Å². The molecule has 2 atom stereocenters. The van der Waals surface area contributed by atoms with Crippen LogP contribution in [0.5, 0.6) is 0 Å². The smallest absolute Gasteiger partial charge is 0.220 e. The molecular formula is C52H97NO3. The molecule has 1 amide bonds. The summed E-state index contributed by atoms with van der Waals surface area (Å²) < 4.78 is 0. The molecule has 0 aromatic carbocycles. The Morgan fingerprint density at radius 2 is 0.696 bits per heavy atom. The number of hydrogen-bond acceptors (Lipinski definition) is 3. The first-order chi connectivity index (χ1) is 27.7. The van der Waals surface area contributed by atoms with E-state index >= 15 is 0 Å². The quantitative estimate of drug-likeness (QED) is 0.0425. The number of amides is 1. The minimum Gasteiger partial charge on any atom is -0.394 e. The molecule has 0 saturated carbocycles. The molecule has 0 aromatic rings. The van der Waals surface area contributed by atoms with E-state index in [9.17, 15) is 15.0 Å². The van der Waals surface area contributed by atoms with Gasteiger partial charge in [0.05, 0.1) is 18.8 Å². The molecule has 0 bridgehead atoms. The van der Waals surface area contributed by atoms with Gasteiger partial charge < -0.3 is 15.5 Å². The van der Waals surface area contributed by atoms with Crippen LogP contribution >= 0.6 is 0 Å². The van der Waals surface area contributed by atoms with Gasteiger partial charge in [-0.25, -0.2) is 0 Å². The van der Waals surface area contributed by atoms with Gasteiger partial charge in [0.2, 0.25) is 5.91 Å². The number of aliphatic hydroxyl groups excluding tert-OH is 2. The maximum atomic E-state index is 12.4. The molecule has 0 aliphatic carbocycles. The molecule has 4 nitrogen and oxygen atoms in total. The van der Waals surface area contributed by atoms with Crippen molar-refractivity contribution in [2.75, 3.05) is 6.61 Å². The Morgan fingerprint density at radius 1 is 0.411 bits per heavy atom. The van der Waals surface area contributed by atoms with Gasteiger partial charge in [-0.15, -0.1) is 0 Å². The molecule has 4 heteroatoms. The number of carbonyl (C=O) groups excluding carboxylic acids is 1. The van der Waals surface area contributed by atoms with Crippen LogP contribution in [0.2, 0.25) is 0 Å². The highest BCUT2D eigenvalue weighted by Crippen LogP contribution is 2.15. The Hall–Kier alpha value is -1.65. The van der Waals surface area contributed by atoms with Crippen LogP contribution in [0.4, 0.5) is 0 Å². The molecule has 3 N–H and O–H groups in total. The number of unbranched alkanes of at least 4 members (excludes halogenated alkanes) is 32. The lowest BCUT2D eigenvalue weighted by atomic mass is 10.0. The third kappa shape index (κ3) is 43.5. The van der Waals surface area contributed by atoms with E-state index in [1.165, 1.54) is 199 Å². The summed E-state index contributed by atoms with van der Waals surface area (Å²) in [5.74, 6) is -0.0775. The molecule has 0 aromatic heterocycles. The van der Waals surface area contributed by atoms with Crippen LogP contribution in [0.15, 0.2) is 48.6 Å². The van der Waals surface area contributed by atoms with Crippen molar-refractivity contribution >= 4 is 5.91 Å². The van der Waals surface area contributed by atoms with Gasteiger partial charge in [-0.3, -0.25) is 4.79 Å². The number of nitrogens with one attached hydrogen (secondary N) is 1. The van der Waals surface area contributed by atoms with Gasteiger partial charge in [0, 0.05) is 6.42 Å². The van der Waals surface area contributed by atoms with Crippen LogP contribution in [-0.2, 0) is 4.79 Å². The van der Waals surface area contributed by atoms with E-state index in [4.69, 9.17) is 0 Å². The first-order valence-corrected chi connectivity index (χ1v) is 24.9. The van der Waals surface area contributed by atoms with Crippen molar-refractivity contribution in [1.29, 1.82) is 0 Å². The Bertz CT molecular complexity index is 893. The average molecular weight is 784 g/mol. The van der Waals surface area contributed by atoms with Crippen LogP contribution in [-0.4, -0.2) is 34.9 Å². The molecule has 328 valence electrons. The highest BCUT2D eigenvalue weighted by molar-refractivity contribution is 5.76. The summed E-state index contributed by atoms with van der Waals surface area (Å²) in [6.45, 7) is 4.31. The molecule has 56 heavy (non-hydrogen) atoms. The number of hydrogen-bond donors (Lipinski definition) is 3. The van der Waals surface area contributed by atoms with Crippen molar-refractivity contribution in [2.45, 2.75) is 270 Å². The number of aliphatic hydroxyl groups is 2. The second kappa shape index (κ2) is 47.7. The molecule has 0 heterocycles. The fourth-order valence-corrected chi connectivity index (χ4v) is 7.44. The zero-order valence-corrected chi connectivity index (χ0v) is 37.7. The first-order valence-electron chi connectivity index (χ1n) is 24.9. The van der Waals surface area contributed by atoms with E-state index < -0.39 is 12.1 Å². The van der Waals surface area contributed by atoms with Gasteiger partial charge in [-0.2, -0.15) is 0 Å². The van der Waals surface area contributed by atoms with Crippen molar-refractivity contribution in [3.8, 4) is 0 Å².